The Morgan fingerprint density at radius 2 is 2.04 bits per heavy atom. The minimum Gasteiger partial charge on any atom is -0.359 e. The van der Waals surface area contributed by atoms with E-state index in [1.54, 1.807) is 12.3 Å². The Morgan fingerprint density at radius 3 is 2.60 bits per heavy atom. The zero-order valence-electron chi connectivity index (χ0n) is 15.3. The molecule has 1 N–H and O–H groups in total. The van der Waals surface area contributed by atoms with Crippen molar-refractivity contribution in [2.24, 2.45) is 0 Å². The number of carbonyl (C=O) groups excluding carboxylic acids is 1. The number of hydrogen-bond donors (Lipinski definition) is 1. The molecule has 1 aromatic heterocycles. The molecule has 2 radical (unpaired) electrons. The number of pyridine rings is 1. The van der Waals surface area contributed by atoms with Gasteiger partial charge < -0.3 is 5.32 Å². The number of carbonyl (C=O) groups is 1. The van der Waals surface area contributed by atoms with Gasteiger partial charge >= 0.3 is 0 Å². The van der Waals surface area contributed by atoms with Crippen LogP contribution in [0.3, 0.4) is 0 Å². The topological polar surface area (TPSA) is 42.0 Å². The second-order valence-corrected chi connectivity index (χ2v) is 6.09. The molecule has 0 fully saturated rings. The van der Waals surface area contributed by atoms with Crippen molar-refractivity contribution in [3.05, 3.63) is 75.9 Å². The van der Waals surface area contributed by atoms with Gasteiger partial charge in [0.2, 0.25) is 0 Å². The molecule has 0 saturated carbocycles. The lowest BCUT2D eigenvalue weighted by Crippen LogP contribution is -2.15. The van der Waals surface area contributed by atoms with Gasteiger partial charge in [0.1, 0.15) is 0 Å². The van der Waals surface area contributed by atoms with Gasteiger partial charge in [-0.25, -0.2) is 0 Å². The van der Waals surface area contributed by atoms with Gasteiger partial charge in [-0.15, -0.1) is 0 Å². The first-order chi connectivity index (χ1) is 11.8. The Labute approximate surface area is 157 Å². The standard InChI is InChI=1S/C20H24BClN2O/c1-6-13(3)20(14(4)8-9-21)24-15(5)10-18(25)17-12-23-11-16(7-2)19(17)22/h6,8,10-12,24H,1,7,9H2,2-5H3/b14-8-,15-10+,20-13+. The monoisotopic (exact) mass is 354 g/mol. The number of halogens is 1. The van der Waals surface area contributed by atoms with E-state index < -0.39 is 0 Å². The van der Waals surface area contributed by atoms with Crippen LogP contribution in [-0.4, -0.2) is 18.6 Å². The van der Waals surface area contributed by atoms with Crippen LogP contribution in [0.1, 0.15) is 43.6 Å². The van der Waals surface area contributed by atoms with Gasteiger partial charge in [-0.2, -0.15) is 0 Å². The number of nitrogens with one attached hydrogen (secondary N) is 1. The quantitative estimate of drug-likeness (QED) is 0.310. The Balaban J connectivity index is 3.13. The summed E-state index contributed by atoms with van der Waals surface area (Å²) in [7, 11) is 5.60. The highest BCUT2D eigenvalue weighted by Gasteiger charge is 2.12. The number of hydrogen-bond acceptors (Lipinski definition) is 3. The van der Waals surface area contributed by atoms with Crippen molar-refractivity contribution in [3.8, 4) is 0 Å². The molecule has 0 unspecified atom stereocenters. The summed E-state index contributed by atoms with van der Waals surface area (Å²) in [5.41, 5.74) is 4.80. The number of nitrogens with zero attached hydrogens (tertiary/aromatic N) is 1. The zero-order valence-corrected chi connectivity index (χ0v) is 16.1. The van der Waals surface area contributed by atoms with Crippen LogP contribution in [0, 0.1) is 0 Å². The third kappa shape index (κ3) is 5.75. The number of rotatable bonds is 8. The van der Waals surface area contributed by atoms with Gasteiger partial charge in [0.05, 0.1) is 18.4 Å². The molecular formula is C20H24BClN2O. The lowest BCUT2D eigenvalue weighted by Gasteiger charge is -2.15. The van der Waals surface area contributed by atoms with Crippen LogP contribution in [0.5, 0.6) is 0 Å². The van der Waals surface area contributed by atoms with Crippen molar-refractivity contribution in [3.63, 3.8) is 0 Å². The Morgan fingerprint density at radius 1 is 1.36 bits per heavy atom. The summed E-state index contributed by atoms with van der Waals surface area (Å²) in [6.45, 7) is 11.5. The molecule has 0 atom stereocenters. The molecule has 1 aromatic rings. The molecule has 0 spiro atoms. The largest absolute Gasteiger partial charge is 0.359 e. The van der Waals surface area contributed by atoms with Gasteiger partial charge in [-0.05, 0) is 43.9 Å². The van der Waals surface area contributed by atoms with Crippen LogP contribution < -0.4 is 5.32 Å². The molecule has 1 rings (SSSR count). The lowest BCUT2D eigenvalue weighted by molar-refractivity contribution is 0.104. The third-order valence-electron chi connectivity index (χ3n) is 3.79. The normalized spacial score (nSPS) is 13.3. The average molecular weight is 355 g/mol. The molecule has 0 aliphatic carbocycles. The number of aromatic nitrogens is 1. The summed E-state index contributed by atoms with van der Waals surface area (Å²) >= 11 is 6.30. The predicted molar refractivity (Wildman–Crippen MR) is 107 cm³/mol. The van der Waals surface area contributed by atoms with Crippen molar-refractivity contribution >= 4 is 25.2 Å². The fourth-order valence-electron chi connectivity index (χ4n) is 2.30. The van der Waals surface area contributed by atoms with Crippen molar-refractivity contribution in [1.82, 2.24) is 10.3 Å². The molecule has 0 aliphatic heterocycles. The van der Waals surface area contributed by atoms with Crippen molar-refractivity contribution in [2.75, 3.05) is 0 Å². The van der Waals surface area contributed by atoms with Gasteiger partial charge in [0.15, 0.2) is 5.78 Å². The minimum absolute atomic E-state index is 0.186. The summed E-state index contributed by atoms with van der Waals surface area (Å²) < 4.78 is 0. The van der Waals surface area contributed by atoms with Gasteiger partial charge in [-0.3, -0.25) is 9.78 Å². The van der Waals surface area contributed by atoms with E-state index in [2.05, 4.69) is 16.9 Å². The molecule has 0 aromatic carbocycles. The maximum Gasteiger partial charge on any atom is 0.190 e. The molecule has 5 heteroatoms. The van der Waals surface area contributed by atoms with Crippen LogP contribution in [0.25, 0.3) is 0 Å². The van der Waals surface area contributed by atoms with Crippen molar-refractivity contribution in [2.45, 2.75) is 40.4 Å². The smallest absolute Gasteiger partial charge is 0.190 e. The maximum absolute atomic E-state index is 12.5. The summed E-state index contributed by atoms with van der Waals surface area (Å²) in [4.78, 5) is 16.6. The number of aryl methyl sites for hydroxylation is 1. The highest BCUT2D eigenvalue weighted by Crippen LogP contribution is 2.22. The number of allylic oxidation sites excluding steroid dienone is 6. The van der Waals surface area contributed by atoms with Crippen LogP contribution in [0.2, 0.25) is 11.3 Å². The Kier molecular flexibility index (Phi) is 8.43. The highest BCUT2D eigenvalue weighted by atomic mass is 35.5. The second-order valence-electron chi connectivity index (χ2n) is 5.72. The second kappa shape index (κ2) is 10.0. The molecule has 3 nitrogen and oxygen atoms in total. The molecular weight excluding hydrogens is 330 g/mol. The first-order valence-corrected chi connectivity index (χ1v) is 8.55. The minimum atomic E-state index is -0.186. The molecule has 0 saturated heterocycles. The molecule has 0 aliphatic rings. The summed E-state index contributed by atoms with van der Waals surface area (Å²) in [6, 6.07) is 0. The van der Waals surface area contributed by atoms with Crippen molar-refractivity contribution in [1.29, 1.82) is 0 Å². The first kappa shape index (κ1) is 21.0. The van der Waals surface area contributed by atoms with E-state index >= 15 is 0 Å². The molecule has 25 heavy (non-hydrogen) atoms. The Hall–Kier alpha value is -2.07. The summed E-state index contributed by atoms with van der Waals surface area (Å²) in [5.74, 6) is -0.186. The molecule has 0 bridgehead atoms. The zero-order chi connectivity index (χ0) is 19.0. The molecule has 130 valence electrons. The SMILES string of the molecule is [B]C/C=C(C)\C(N/C(C)=C/C(=O)c1cncc(CC)c1Cl)=C(\C)C=C. The van der Waals surface area contributed by atoms with Crippen LogP contribution in [0.4, 0.5) is 0 Å². The summed E-state index contributed by atoms with van der Waals surface area (Å²) in [6.07, 6.45) is 9.54. The highest BCUT2D eigenvalue weighted by molar-refractivity contribution is 6.35. The van der Waals surface area contributed by atoms with Gasteiger partial charge in [0, 0.05) is 29.9 Å². The van der Waals surface area contributed by atoms with E-state index in [1.807, 2.05) is 33.8 Å². The van der Waals surface area contributed by atoms with E-state index in [1.165, 1.54) is 12.3 Å². The van der Waals surface area contributed by atoms with Gasteiger partial charge in [-0.1, -0.05) is 43.6 Å². The van der Waals surface area contributed by atoms with Crippen LogP contribution in [-0.2, 0) is 6.42 Å². The van der Waals surface area contributed by atoms with Crippen LogP contribution >= 0.6 is 11.6 Å². The lowest BCUT2D eigenvalue weighted by atomic mass is 10.00. The molecule has 1 heterocycles. The summed E-state index contributed by atoms with van der Waals surface area (Å²) in [5, 5.41) is 3.72. The first-order valence-electron chi connectivity index (χ1n) is 8.18. The fourth-order valence-corrected chi connectivity index (χ4v) is 2.63. The van der Waals surface area contributed by atoms with Gasteiger partial charge in [0.25, 0.3) is 0 Å². The fraction of sp³-hybridized carbons (Fsp3) is 0.300. The Bertz CT molecular complexity index is 748. The number of ketones is 1. The maximum atomic E-state index is 12.5. The third-order valence-corrected chi connectivity index (χ3v) is 4.23. The average Bonchev–Trinajstić information content (AvgIpc) is 2.59. The van der Waals surface area contributed by atoms with E-state index in [0.29, 0.717) is 22.6 Å². The van der Waals surface area contributed by atoms with E-state index in [4.69, 9.17) is 19.4 Å². The van der Waals surface area contributed by atoms with Crippen molar-refractivity contribution < 1.29 is 4.79 Å². The predicted octanol–water partition coefficient (Wildman–Crippen LogP) is 4.97. The van der Waals surface area contributed by atoms with Crippen LogP contribution in [0.15, 0.2) is 59.7 Å². The molecule has 0 amide bonds. The van der Waals surface area contributed by atoms with E-state index in [9.17, 15) is 4.79 Å². The van der Waals surface area contributed by atoms with E-state index in [-0.39, 0.29) is 5.78 Å². The van der Waals surface area contributed by atoms with E-state index in [0.717, 1.165) is 28.8 Å².